The van der Waals surface area contributed by atoms with Crippen molar-refractivity contribution in [3.63, 3.8) is 0 Å². The first-order valence-electron chi connectivity index (χ1n) is 8.07. The first-order valence-corrected chi connectivity index (χ1v) is 8.07. The molecule has 1 amide bonds. The zero-order valence-corrected chi connectivity index (χ0v) is 13.6. The molecule has 0 aromatic carbocycles. The molecule has 0 aromatic rings. The number of nitrogens with one attached hydrogen (secondary N) is 1. The smallest absolute Gasteiger partial charge is 0.238 e. The molecule has 0 radical (unpaired) electrons. The highest BCUT2D eigenvalue weighted by Crippen LogP contribution is 2.38. The van der Waals surface area contributed by atoms with Gasteiger partial charge in [-0.25, -0.2) is 0 Å². The van der Waals surface area contributed by atoms with Gasteiger partial charge in [0, 0.05) is 6.61 Å². The van der Waals surface area contributed by atoms with E-state index in [1.807, 2.05) is 0 Å². The Bertz CT molecular complexity index is 318. The van der Waals surface area contributed by atoms with Crippen LogP contribution in [0.25, 0.3) is 0 Å². The van der Waals surface area contributed by atoms with Crippen molar-refractivity contribution in [2.45, 2.75) is 77.4 Å². The van der Waals surface area contributed by atoms with E-state index in [0.717, 1.165) is 45.1 Å². The van der Waals surface area contributed by atoms with Crippen molar-refractivity contribution in [2.24, 2.45) is 11.7 Å². The third-order valence-electron chi connectivity index (χ3n) is 4.76. The van der Waals surface area contributed by atoms with E-state index in [1.54, 1.807) is 0 Å². The summed E-state index contributed by atoms with van der Waals surface area (Å²) in [5, 5.41) is 3.43. The number of nitrogens with two attached hydrogens (primary N) is 1. The molecule has 1 aliphatic rings. The normalized spacial score (nSPS) is 26.9. The number of primary amides is 1. The summed E-state index contributed by atoms with van der Waals surface area (Å²) >= 11 is 0. The predicted octanol–water partition coefficient (Wildman–Crippen LogP) is 2.61. The van der Waals surface area contributed by atoms with Gasteiger partial charge >= 0.3 is 0 Å². The second-order valence-electron chi connectivity index (χ2n) is 6.60. The summed E-state index contributed by atoms with van der Waals surface area (Å²) in [5.74, 6) is 0.113. The molecular weight excluding hydrogens is 252 g/mol. The Balaban J connectivity index is 2.60. The monoisotopic (exact) mass is 284 g/mol. The van der Waals surface area contributed by atoms with Gasteiger partial charge in [-0.1, -0.05) is 20.3 Å². The number of amides is 1. The molecule has 0 bridgehead atoms. The highest BCUT2D eigenvalue weighted by Gasteiger charge is 2.46. The fraction of sp³-hybridized carbons (Fsp3) is 0.938. The molecular formula is C16H32N2O2. The van der Waals surface area contributed by atoms with Gasteiger partial charge in [-0.3, -0.25) is 4.79 Å². The van der Waals surface area contributed by atoms with E-state index in [1.165, 1.54) is 0 Å². The van der Waals surface area contributed by atoms with Gasteiger partial charge in [-0.15, -0.1) is 0 Å². The highest BCUT2D eigenvalue weighted by molar-refractivity contribution is 5.85. The van der Waals surface area contributed by atoms with Crippen molar-refractivity contribution < 1.29 is 9.53 Å². The van der Waals surface area contributed by atoms with Gasteiger partial charge in [0.15, 0.2) is 0 Å². The topological polar surface area (TPSA) is 64.3 Å². The molecule has 0 saturated heterocycles. The van der Waals surface area contributed by atoms with E-state index in [-0.39, 0.29) is 11.5 Å². The van der Waals surface area contributed by atoms with Gasteiger partial charge in [0.2, 0.25) is 5.91 Å². The van der Waals surface area contributed by atoms with Crippen molar-refractivity contribution in [1.82, 2.24) is 5.32 Å². The molecule has 0 aromatic heterocycles. The Labute approximate surface area is 123 Å². The minimum absolute atomic E-state index is 0.0785. The van der Waals surface area contributed by atoms with Crippen LogP contribution < -0.4 is 11.1 Å². The van der Waals surface area contributed by atoms with Crippen molar-refractivity contribution in [2.75, 3.05) is 13.2 Å². The highest BCUT2D eigenvalue weighted by atomic mass is 16.5. The van der Waals surface area contributed by atoms with E-state index in [2.05, 4.69) is 33.0 Å². The Kier molecular flexibility index (Phi) is 6.46. The minimum atomic E-state index is -0.504. The molecule has 3 N–H and O–H groups in total. The number of hydrogen-bond donors (Lipinski definition) is 2. The summed E-state index contributed by atoms with van der Waals surface area (Å²) in [6.45, 7) is 10.0. The van der Waals surface area contributed by atoms with Crippen LogP contribution in [-0.2, 0) is 9.53 Å². The molecule has 1 rings (SSSR count). The lowest BCUT2D eigenvalue weighted by Crippen LogP contribution is -2.58. The summed E-state index contributed by atoms with van der Waals surface area (Å²) in [7, 11) is 0. The van der Waals surface area contributed by atoms with Crippen LogP contribution in [-0.4, -0.2) is 30.2 Å². The summed E-state index contributed by atoms with van der Waals surface area (Å²) in [4.78, 5) is 12.0. The van der Waals surface area contributed by atoms with E-state index in [4.69, 9.17) is 10.5 Å². The fourth-order valence-electron chi connectivity index (χ4n) is 3.04. The van der Waals surface area contributed by atoms with Crippen LogP contribution in [0.5, 0.6) is 0 Å². The standard InChI is InChI=1S/C16H32N2O2/c1-5-11-18-16(14(17)19)10-7-8-13(16)9-12-20-15(3,4)6-2/h13,18H,5-12H2,1-4H3,(H2,17,19). The van der Waals surface area contributed by atoms with E-state index in [0.29, 0.717) is 12.5 Å². The Morgan fingerprint density at radius 2 is 2.15 bits per heavy atom. The van der Waals surface area contributed by atoms with E-state index >= 15 is 0 Å². The van der Waals surface area contributed by atoms with Crippen LogP contribution >= 0.6 is 0 Å². The van der Waals surface area contributed by atoms with Crippen LogP contribution in [0.4, 0.5) is 0 Å². The molecule has 1 aliphatic carbocycles. The maximum Gasteiger partial charge on any atom is 0.238 e. The first kappa shape index (κ1) is 17.4. The second kappa shape index (κ2) is 7.41. The number of carbonyl (C=O) groups excluding carboxylic acids is 1. The molecule has 4 nitrogen and oxygen atoms in total. The zero-order valence-electron chi connectivity index (χ0n) is 13.6. The number of ether oxygens (including phenoxy) is 1. The molecule has 2 unspecified atom stereocenters. The molecule has 20 heavy (non-hydrogen) atoms. The van der Waals surface area contributed by atoms with Crippen molar-refractivity contribution in [3.8, 4) is 0 Å². The van der Waals surface area contributed by atoms with E-state index in [9.17, 15) is 4.79 Å². The summed E-state index contributed by atoms with van der Waals surface area (Å²) < 4.78 is 5.94. The average molecular weight is 284 g/mol. The van der Waals surface area contributed by atoms with Crippen LogP contribution in [0.2, 0.25) is 0 Å². The van der Waals surface area contributed by atoms with Crippen molar-refractivity contribution in [3.05, 3.63) is 0 Å². The summed E-state index contributed by atoms with van der Waals surface area (Å²) in [5.41, 5.74) is 5.12. The molecule has 0 aliphatic heterocycles. The largest absolute Gasteiger partial charge is 0.376 e. The fourth-order valence-corrected chi connectivity index (χ4v) is 3.04. The third-order valence-corrected chi connectivity index (χ3v) is 4.76. The zero-order chi connectivity index (χ0) is 15.2. The molecule has 1 fully saturated rings. The van der Waals surface area contributed by atoms with Crippen LogP contribution in [0.1, 0.15) is 66.2 Å². The molecule has 2 atom stereocenters. The van der Waals surface area contributed by atoms with Crippen LogP contribution in [0.15, 0.2) is 0 Å². The number of rotatable bonds is 9. The SMILES string of the molecule is CCCNC1(C(N)=O)CCCC1CCOC(C)(C)CC. The van der Waals surface area contributed by atoms with Gasteiger partial charge < -0.3 is 15.8 Å². The van der Waals surface area contributed by atoms with Gasteiger partial charge in [0.05, 0.1) is 5.60 Å². The van der Waals surface area contributed by atoms with Gasteiger partial charge in [0.25, 0.3) is 0 Å². The first-order chi connectivity index (χ1) is 9.38. The lowest BCUT2D eigenvalue weighted by Gasteiger charge is -2.34. The predicted molar refractivity (Wildman–Crippen MR) is 82.5 cm³/mol. The molecule has 1 saturated carbocycles. The Morgan fingerprint density at radius 1 is 1.45 bits per heavy atom. The molecule has 0 spiro atoms. The lowest BCUT2D eigenvalue weighted by atomic mass is 9.84. The third kappa shape index (κ3) is 4.19. The van der Waals surface area contributed by atoms with E-state index < -0.39 is 5.54 Å². The maximum absolute atomic E-state index is 12.0. The maximum atomic E-state index is 12.0. The number of hydrogen-bond acceptors (Lipinski definition) is 3. The summed E-state index contributed by atoms with van der Waals surface area (Å²) in [6.07, 6.45) is 5.91. The van der Waals surface area contributed by atoms with Gasteiger partial charge in [-0.2, -0.15) is 0 Å². The Morgan fingerprint density at radius 3 is 2.70 bits per heavy atom. The summed E-state index contributed by atoms with van der Waals surface area (Å²) in [6, 6.07) is 0. The Hall–Kier alpha value is -0.610. The van der Waals surface area contributed by atoms with Crippen LogP contribution in [0, 0.1) is 5.92 Å². The second-order valence-corrected chi connectivity index (χ2v) is 6.60. The molecule has 0 heterocycles. The quantitative estimate of drug-likeness (QED) is 0.684. The average Bonchev–Trinajstić information content (AvgIpc) is 2.80. The van der Waals surface area contributed by atoms with Crippen molar-refractivity contribution in [1.29, 1.82) is 0 Å². The molecule has 4 heteroatoms. The molecule has 118 valence electrons. The van der Waals surface area contributed by atoms with Gasteiger partial charge in [-0.05, 0) is 58.4 Å². The number of carbonyl (C=O) groups is 1. The van der Waals surface area contributed by atoms with Gasteiger partial charge in [0.1, 0.15) is 5.54 Å². The lowest BCUT2D eigenvalue weighted by molar-refractivity contribution is -0.126. The minimum Gasteiger partial charge on any atom is -0.376 e. The van der Waals surface area contributed by atoms with Crippen LogP contribution in [0.3, 0.4) is 0 Å². The van der Waals surface area contributed by atoms with Crippen molar-refractivity contribution >= 4 is 5.91 Å².